The lowest BCUT2D eigenvalue weighted by Crippen LogP contribution is -2.45. The zero-order valence-corrected chi connectivity index (χ0v) is 16.6. The molecular weight excluding hydrogens is 364 g/mol. The topological polar surface area (TPSA) is 110 Å². The predicted molar refractivity (Wildman–Crippen MR) is 104 cm³/mol. The van der Waals surface area contributed by atoms with Gasteiger partial charge in [0.1, 0.15) is 5.82 Å². The fourth-order valence-electron chi connectivity index (χ4n) is 2.98. The molecule has 1 aromatic heterocycles. The number of nitrogens with zero attached hydrogens (tertiary/aromatic N) is 2. The van der Waals surface area contributed by atoms with Gasteiger partial charge in [0.2, 0.25) is 0 Å². The molecule has 2 heterocycles. The van der Waals surface area contributed by atoms with Crippen LogP contribution >= 0.6 is 0 Å². The van der Waals surface area contributed by atoms with Gasteiger partial charge in [0.15, 0.2) is 0 Å². The molecule has 1 aliphatic heterocycles. The highest BCUT2D eigenvalue weighted by Gasteiger charge is 2.23. The molecular formula is C19H28N4O5. The fourth-order valence-corrected chi connectivity index (χ4v) is 2.98. The van der Waals surface area contributed by atoms with Crippen molar-refractivity contribution in [1.82, 2.24) is 10.3 Å². The van der Waals surface area contributed by atoms with Crippen molar-refractivity contribution in [3.05, 3.63) is 18.3 Å². The number of nitrogens with one attached hydrogen (secondary N) is 2. The number of carbonyl (C=O) groups excluding carboxylic acids is 3. The zero-order valence-electron chi connectivity index (χ0n) is 16.6. The quantitative estimate of drug-likeness (QED) is 0.406. The van der Waals surface area contributed by atoms with Gasteiger partial charge in [-0.2, -0.15) is 0 Å². The van der Waals surface area contributed by atoms with Gasteiger partial charge in [-0.25, -0.2) is 4.98 Å². The zero-order chi connectivity index (χ0) is 20.5. The number of rotatable bonds is 7. The molecule has 28 heavy (non-hydrogen) atoms. The van der Waals surface area contributed by atoms with Gasteiger partial charge in [-0.3, -0.25) is 14.4 Å². The number of hydrogen-bond donors (Lipinski definition) is 2. The maximum atomic E-state index is 12.0. The third-order valence-electron chi connectivity index (χ3n) is 4.28. The lowest BCUT2D eigenvalue weighted by atomic mass is 10.2. The normalized spacial score (nSPS) is 19.0. The Balaban J connectivity index is 1.75. The Hall–Kier alpha value is -2.68. The van der Waals surface area contributed by atoms with Crippen LogP contribution in [0.1, 0.15) is 33.1 Å². The van der Waals surface area contributed by atoms with Crippen LogP contribution in [-0.4, -0.2) is 61.7 Å². The van der Waals surface area contributed by atoms with Crippen molar-refractivity contribution in [2.24, 2.45) is 0 Å². The molecule has 0 aliphatic carbocycles. The average molecular weight is 392 g/mol. The second-order valence-electron chi connectivity index (χ2n) is 6.81. The number of ether oxygens (including phenoxy) is 2. The van der Waals surface area contributed by atoms with Gasteiger partial charge in [-0.1, -0.05) is 0 Å². The molecule has 0 bridgehead atoms. The van der Waals surface area contributed by atoms with Crippen LogP contribution in [-0.2, 0) is 23.9 Å². The van der Waals surface area contributed by atoms with E-state index >= 15 is 0 Å². The summed E-state index contributed by atoms with van der Waals surface area (Å²) in [6, 6.07) is 3.53. The molecule has 0 radical (unpaired) electrons. The van der Waals surface area contributed by atoms with E-state index in [4.69, 9.17) is 4.74 Å². The molecule has 1 saturated heterocycles. The largest absolute Gasteiger partial charge is 0.469 e. The van der Waals surface area contributed by atoms with E-state index in [2.05, 4.69) is 25.3 Å². The molecule has 2 rings (SSSR count). The summed E-state index contributed by atoms with van der Waals surface area (Å²) in [5, 5.41) is 5.05. The van der Waals surface area contributed by atoms with Crippen LogP contribution < -0.4 is 15.5 Å². The number of anilines is 2. The van der Waals surface area contributed by atoms with Crippen LogP contribution in [0.3, 0.4) is 0 Å². The van der Waals surface area contributed by atoms with E-state index in [0.717, 1.165) is 18.9 Å². The molecule has 9 nitrogen and oxygen atoms in total. The van der Waals surface area contributed by atoms with Gasteiger partial charge in [-0.15, -0.1) is 0 Å². The second-order valence-corrected chi connectivity index (χ2v) is 6.81. The monoisotopic (exact) mass is 392 g/mol. The molecule has 154 valence electrons. The Morgan fingerprint density at radius 2 is 1.89 bits per heavy atom. The number of pyridine rings is 1. The first kappa shape index (κ1) is 21.6. The van der Waals surface area contributed by atoms with Crippen LogP contribution in [0.5, 0.6) is 0 Å². The van der Waals surface area contributed by atoms with Crippen molar-refractivity contribution >= 4 is 29.3 Å². The smallest absolute Gasteiger partial charge is 0.313 e. The molecule has 1 aromatic rings. The molecule has 2 atom stereocenters. The number of unbranched alkanes of at least 4 members (excludes halogenated alkanes) is 1. The molecule has 0 spiro atoms. The molecule has 1 aliphatic rings. The molecule has 2 N–H and O–H groups in total. The molecule has 1 fully saturated rings. The van der Waals surface area contributed by atoms with Crippen LogP contribution in [0.4, 0.5) is 11.5 Å². The third-order valence-corrected chi connectivity index (χ3v) is 4.28. The molecule has 2 unspecified atom stereocenters. The van der Waals surface area contributed by atoms with E-state index < -0.39 is 11.8 Å². The fraction of sp³-hybridized carbons (Fsp3) is 0.579. The predicted octanol–water partition coefficient (Wildman–Crippen LogP) is 1.09. The Labute approximate surface area is 164 Å². The van der Waals surface area contributed by atoms with E-state index in [1.54, 1.807) is 6.07 Å². The first-order valence-electron chi connectivity index (χ1n) is 9.41. The van der Waals surface area contributed by atoms with Crippen molar-refractivity contribution in [2.75, 3.05) is 37.0 Å². The second kappa shape index (κ2) is 10.6. The summed E-state index contributed by atoms with van der Waals surface area (Å²) in [5.41, 5.74) is 0.448. The summed E-state index contributed by atoms with van der Waals surface area (Å²) >= 11 is 0. The number of amides is 2. The average Bonchev–Trinajstić information content (AvgIpc) is 2.67. The van der Waals surface area contributed by atoms with Gasteiger partial charge >= 0.3 is 17.8 Å². The number of esters is 1. The minimum atomic E-state index is -0.754. The van der Waals surface area contributed by atoms with Gasteiger partial charge in [-0.05, 0) is 38.8 Å². The van der Waals surface area contributed by atoms with E-state index in [0.29, 0.717) is 25.1 Å². The first-order valence-corrected chi connectivity index (χ1v) is 9.41. The Morgan fingerprint density at radius 3 is 2.50 bits per heavy atom. The molecule has 0 saturated carbocycles. The van der Waals surface area contributed by atoms with Gasteiger partial charge in [0.25, 0.3) is 0 Å². The highest BCUT2D eigenvalue weighted by molar-refractivity contribution is 6.39. The Morgan fingerprint density at radius 1 is 1.18 bits per heavy atom. The minimum Gasteiger partial charge on any atom is -0.469 e. The maximum absolute atomic E-state index is 12.0. The SMILES string of the molecule is COC(=O)CCCCNC(=O)C(=O)Nc1ccc(N2CC(C)OC(C)C2)nc1. The summed E-state index contributed by atoms with van der Waals surface area (Å²) in [6.07, 6.45) is 3.24. The number of methoxy groups -OCH3 is 1. The van der Waals surface area contributed by atoms with Gasteiger partial charge in [0.05, 0.1) is 31.2 Å². The highest BCUT2D eigenvalue weighted by Crippen LogP contribution is 2.19. The van der Waals surface area contributed by atoms with Crippen molar-refractivity contribution in [1.29, 1.82) is 0 Å². The first-order chi connectivity index (χ1) is 13.4. The standard InChI is InChI=1S/C19H28N4O5/c1-13-11-23(12-14(2)28-13)16-8-7-15(10-21-16)22-19(26)18(25)20-9-5-4-6-17(24)27-3/h7-8,10,13-14H,4-6,9,11-12H2,1-3H3,(H,20,25)(H,22,26). The number of carbonyl (C=O) groups is 3. The van der Waals surface area contributed by atoms with E-state index in [1.807, 2.05) is 19.9 Å². The van der Waals surface area contributed by atoms with Crippen molar-refractivity contribution in [3.63, 3.8) is 0 Å². The number of hydrogen-bond acceptors (Lipinski definition) is 7. The summed E-state index contributed by atoms with van der Waals surface area (Å²) in [6.45, 7) is 5.85. The van der Waals surface area contributed by atoms with Crippen LogP contribution in [0.2, 0.25) is 0 Å². The summed E-state index contributed by atoms with van der Waals surface area (Å²) in [7, 11) is 1.33. The van der Waals surface area contributed by atoms with Crippen molar-refractivity contribution in [3.8, 4) is 0 Å². The van der Waals surface area contributed by atoms with Crippen LogP contribution in [0.15, 0.2) is 18.3 Å². The van der Waals surface area contributed by atoms with E-state index in [9.17, 15) is 14.4 Å². The van der Waals surface area contributed by atoms with Gasteiger partial charge in [0, 0.05) is 26.1 Å². The summed E-state index contributed by atoms with van der Waals surface area (Å²) in [5.74, 6) is -0.967. The lowest BCUT2D eigenvalue weighted by Gasteiger charge is -2.36. The van der Waals surface area contributed by atoms with E-state index in [1.165, 1.54) is 13.3 Å². The van der Waals surface area contributed by atoms with Crippen LogP contribution in [0, 0.1) is 0 Å². The lowest BCUT2D eigenvalue weighted by molar-refractivity contribution is -0.140. The third kappa shape index (κ3) is 6.80. The molecule has 2 amide bonds. The summed E-state index contributed by atoms with van der Waals surface area (Å²) < 4.78 is 10.2. The van der Waals surface area contributed by atoms with Crippen molar-refractivity contribution in [2.45, 2.75) is 45.3 Å². The van der Waals surface area contributed by atoms with Gasteiger partial charge < -0.3 is 25.0 Å². The van der Waals surface area contributed by atoms with Crippen LogP contribution in [0.25, 0.3) is 0 Å². The molecule has 0 aromatic carbocycles. The Bertz CT molecular complexity index is 669. The Kier molecular flexibility index (Phi) is 8.19. The molecule has 9 heteroatoms. The summed E-state index contributed by atoms with van der Waals surface area (Å²) in [4.78, 5) is 41.3. The van der Waals surface area contributed by atoms with E-state index in [-0.39, 0.29) is 24.6 Å². The number of aromatic nitrogens is 1. The number of morpholine rings is 1. The minimum absolute atomic E-state index is 0.126. The highest BCUT2D eigenvalue weighted by atomic mass is 16.5. The maximum Gasteiger partial charge on any atom is 0.313 e. The van der Waals surface area contributed by atoms with Crippen molar-refractivity contribution < 1.29 is 23.9 Å².